The number of aryl methyl sites for hydroxylation is 2. The number of nitrogens with one attached hydrogen (secondary N) is 1. The lowest BCUT2D eigenvalue weighted by Gasteiger charge is -2.34. The summed E-state index contributed by atoms with van der Waals surface area (Å²) in [4.78, 5) is 32.3. The number of benzene rings is 4. The first-order valence-corrected chi connectivity index (χ1v) is 23.2. The van der Waals surface area contributed by atoms with Gasteiger partial charge in [0.1, 0.15) is 11.6 Å². The Kier molecular flexibility index (Phi) is 17.9. The molecule has 0 aromatic heterocycles. The SMILES string of the molecule is Cc1ccc2c(c1)CCN(CCCN)C2.Cc1ccc2c(c1)CCN(CCCNC(=O)C1CCCN(c3ccc(C#N)cc3F)C1)C2.N#Cc1ccc(N2CCCC(C(=O)O)C2)c(F)c1. The highest BCUT2D eigenvalue weighted by Gasteiger charge is 2.28. The van der Waals surface area contributed by atoms with E-state index in [9.17, 15) is 18.4 Å². The maximum absolute atomic E-state index is 14.4. The molecular weight excluding hydrogens is 823 g/mol. The molecule has 13 heteroatoms. The molecule has 0 saturated carbocycles. The molecule has 8 rings (SSSR count). The van der Waals surface area contributed by atoms with Gasteiger partial charge in [-0.05, 0) is 137 Å². The Morgan fingerprint density at radius 1 is 0.692 bits per heavy atom. The number of carbonyl (C=O) groups excluding carboxylic acids is 1. The number of carbonyl (C=O) groups is 2. The van der Waals surface area contributed by atoms with Gasteiger partial charge in [0.15, 0.2) is 0 Å². The fourth-order valence-corrected chi connectivity index (χ4v) is 9.31. The second-order valence-electron chi connectivity index (χ2n) is 17.8. The molecule has 2 atom stereocenters. The summed E-state index contributed by atoms with van der Waals surface area (Å²) < 4.78 is 28.2. The Morgan fingerprint density at radius 3 is 1.66 bits per heavy atom. The number of carboxylic acids is 1. The van der Waals surface area contributed by atoms with E-state index >= 15 is 0 Å². The number of fused-ring (bicyclic) bond motifs is 2. The van der Waals surface area contributed by atoms with Crippen LogP contribution in [0.1, 0.15) is 83.0 Å². The van der Waals surface area contributed by atoms with Gasteiger partial charge in [0, 0.05) is 65.4 Å². The molecule has 1 amide bonds. The van der Waals surface area contributed by atoms with Gasteiger partial charge in [-0.15, -0.1) is 0 Å². The minimum atomic E-state index is -0.839. The van der Waals surface area contributed by atoms with Crippen LogP contribution >= 0.6 is 0 Å². The highest BCUT2D eigenvalue weighted by Crippen LogP contribution is 2.28. The average Bonchev–Trinajstić information content (AvgIpc) is 3.32. The molecule has 0 bridgehead atoms. The van der Waals surface area contributed by atoms with Gasteiger partial charge in [-0.3, -0.25) is 19.4 Å². The predicted molar refractivity (Wildman–Crippen MR) is 251 cm³/mol. The number of hydrogen-bond donors (Lipinski definition) is 3. The Bertz CT molecular complexity index is 2340. The highest BCUT2D eigenvalue weighted by molar-refractivity contribution is 5.79. The number of hydrogen-bond acceptors (Lipinski definition) is 9. The number of aliphatic carboxylic acids is 1. The van der Waals surface area contributed by atoms with Crippen molar-refractivity contribution in [1.29, 1.82) is 10.5 Å². The van der Waals surface area contributed by atoms with Crippen molar-refractivity contribution in [2.45, 2.75) is 78.3 Å². The van der Waals surface area contributed by atoms with Crippen LogP contribution in [-0.4, -0.2) is 92.2 Å². The van der Waals surface area contributed by atoms with Crippen LogP contribution in [0, 0.1) is 60.0 Å². The Hall–Kier alpha value is -5.86. The average molecular weight is 887 g/mol. The topological polar surface area (TPSA) is 153 Å². The van der Waals surface area contributed by atoms with Crippen molar-refractivity contribution in [3.63, 3.8) is 0 Å². The molecule has 11 nitrogen and oxygen atoms in total. The van der Waals surface area contributed by atoms with E-state index in [1.807, 2.05) is 17.0 Å². The van der Waals surface area contributed by atoms with Crippen LogP contribution in [0.2, 0.25) is 0 Å². The molecule has 4 aromatic carbocycles. The fourth-order valence-electron chi connectivity index (χ4n) is 9.31. The van der Waals surface area contributed by atoms with E-state index in [0.29, 0.717) is 49.5 Å². The third-order valence-corrected chi connectivity index (χ3v) is 12.9. The van der Waals surface area contributed by atoms with Crippen LogP contribution in [-0.2, 0) is 35.5 Å². The van der Waals surface area contributed by atoms with Gasteiger partial charge in [-0.25, -0.2) is 8.78 Å². The van der Waals surface area contributed by atoms with Gasteiger partial charge in [0.05, 0.1) is 46.5 Å². The first-order valence-electron chi connectivity index (χ1n) is 23.2. The first kappa shape index (κ1) is 48.6. The Balaban J connectivity index is 0.000000178. The van der Waals surface area contributed by atoms with Crippen LogP contribution in [0.4, 0.5) is 20.2 Å². The molecule has 65 heavy (non-hydrogen) atoms. The fraction of sp³-hybridized carbons (Fsp3) is 0.462. The second-order valence-corrected chi connectivity index (χ2v) is 17.8. The maximum Gasteiger partial charge on any atom is 0.308 e. The van der Waals surface area contributed by atoms with Crippen molar-refractivity contribution in [2.24, 2.45) is 17.6 Å². The molecule has 344 valence electrons. The third kappa shape index (κ3) is 13.8. The summed E-state index contributed by atoms with van der Waals surface area (Å²) in [6.45, 7) is 14.4. The number of nitrogens with two attached hydrogens (primary N) is 1. The zero-order chi connectivity index (χ0) is 46.3. The highest BCUT2D eigenvalue weighted by atomic mass is 19.1. The van der Waals surface area contributed by atoms with E-state index in [-0.39, 0.29) is 17.4 Å². The van der Waals surface area contributed by atoms with E-state index in [2.05, 4.69) is 65.4 Å². The van der Waals surface area contributed by atoms with Crippen LogP contribution in [0.5, 0.6) is 0 Å². The predicted octanol–water partition coefficient (Wildman–Crippen LogP) is 7.49. The first-order chi connectivity index (χ1) is 31.4. The van der Waals surface area contributed by atoms with E-state index in [4.69, 9.17) is 21.4 Å². The Morgan fingerprint density at radius 2 is 1.18 bits per heavy atom. The number of rotatable bonds is 11. The van der Waals surface area contributed by atoms with Crippen molar-refractivity contribution in [1.82, 2.24) is 15.1 Å². The van der Waals surface area contributed by atoms with Crippen LogP contribution in [0.3, 0.4) is 0 Å². The van der Waals surface area contributed by atoms with Crippen LogP contribution in [0.15, 0.2) is 72.8 Å². The number of carboxylic acid groups (broad SMARTS) is 1. The van der Waals surface area contributed by atoms with Gasteiger partial charge >= 0.3 is 5.97 Å². The second kappa shape index (κ2) is 23.9. The summed E-state index contributed by atoms with van der Waals surface area (Å²) in [5.41, 5.74) is 15.6. The number of anilines is 2. The summed E-state index contributed by atoms with van der Waals surface area (Å²) in [6.07, 6.45) is 7.36. The summed E-state index contributed by atoms with van der Waals surface area (Å²) in [5.74, 6) is -2.24. The number of nitrogens with zero attached hydrogens (tertiary/aromatic N) is 6. The molecule has 0 radical (unpaired) electrons. The number of halogens is 2. The molecule has 4 aromatic rings. The van der Waals surface area contributed by atoms with Crippen molar-refractivity contribution >= 4 is 23.3 Å². The lowest BCUT2D eigenvalue weighted by Crippen LogP contribution is -2.44. The number of amides is 1. The number of nitriles is 2. The summed E-state index contributed by atoms with van der Waals surface area (Å²) >= 11 is 0. The zero-order valence-corrected chi connectivity index (χ0v) is 38.0. The van der Waals surface area contributed by atoms with E-state index in [1.54, 1.807) is 28.7 Å². The monoisotopic (exact) mass is 887 g/mol. The Labute approximate surface area is 383 Å². The molecular formula is C52H64F2N8O3. The zero-order valence-electron chi connectivity index (χ0n) is 38.0. The van der Waals surface area contributed by atoms with E-state index < -0.39 is 23.5 Å². The maximum atomic E-state index is 14.4. The molecule has 0 aliphatic carbocycles. The lowest BCUT2D eigenvalue weighted by molar-refractivity contribution is -0.142. The van der Waals surface area contributed by atoms with E-state index in [1.165, 1.54) is 59.0 Å². The summed E-state index contributed by atoms with van der Waals surface area (Å²) in [5, 5.41) is 29.7. The van der Waals surface area contributed by atoms with E-state index in [0.717, 1.165) is 84.3 Å². The van der Waals surface area contributed by atoms with Crippen molar-refractivity contribution in [3.8, 4) is 12.1 Å². The summed E-state index contributed by atoms with van der Waals surface area (Å²) in [6, 6.07) is 26.2. The van der Waals surface area contributed by atoms with Gasteiger partial charge in [-0.2, -0.15) is 10.5 Å². The molecule has 2 fully saturated rings. The molecule has 4 N–H and O–H groups in total. The molecule has 4 aliphatic heterocycles. The molecule has 4 heterocycles. The standard InChI is InChI=1S/C26H31FN4O.C13H13FN2O2.C13H20N2/c1-19-5-7-22-17-30(13-9-21(22)14-19)11-3-10-29-26(32)23-4-2-12-31(18-23)25-8-6-20(16-28)15-24(25)27;14-11-6-9(7-15)3-4-12(11)16-5-1-2-10(8-16)13(17)18;1-11-3-4-13-10-15(7-2-6-14)8-5-12(13)9-11/h5-8,14-15,23H,2-4,9-13,17-18H2,1H3,(H,29,32);3-4,6,10H,1-2,5,8H2,(H,17,18);3-4,9H,2,5-8,10,14H2,1H3. The van der Waals surface area contributed by atoms with Crippen molar-refractivity contribution in [2.75, 3.05) is 75.2 Å². The minimum Gasteiger partial charge on any atom is -0.481 e. The van der Waals surface area contributed by atoms with Gasteiger partial charge in [-0.1, -0.05) is 47.5 Å². The van der Waals surface area contributed by atoms with Gasteiger partial charge in [0.25, 0.3) is 0 Å². The third-order valence-electron chi connectivity index (χ3n) is 12.9. The van der Waals surface area contributed by atoms with Crippen LogP contribution < -0.4 is 20.9 Å². The largest absolute Gasteiger partial charge is 0.481 e. The lowest BCUT2D eigenvalue weighted by atomic mass is 9.96. The van der Waals surface area contributed by atoms with Gasteiger partial charge in [0.2, 0.25) is 5.91 Å². The van der Waals surface area contributed by atoms with Crippen molar-refractivity contribution < 1.29 is 23.5 Å². The summed E-state index contributed by atoms with van der Waals surface area (Å²) in [7, 11) is 0. The van der Waals surface area contributed by atoms with Gasteiger partial charge < -0.3 is 26.0 Å². The minimum absolute atomic E-state index is 0.0585. The molecule has 4 aliphatic rings. The smallest absolute Gasteiger partial charge is 0.308 e. The molecule has 0 spiro atoms. The normalized spacial score (nSPS) is 18.3. The van der Waals surface area contributed by atoms with Crippen LogP contribution in [0.25, 0.3) is 0 Å². The van der Waals surface area contributed by atoms with Crippen molar-refractivity contribution in [3.05, 3.63) is 129 Å². The number of piperidine rings is 2. The molecule has 2 unspecified atom stereocenters. The molecule has 2 saturated heterocycles. The quantitative estimate of drug-likeness (QED) is 0.129.